The normalized spacial score (nSPS) is 20.2. The molecule has 94 valence electrons. The second kappa shape index (κ2) is 6.21. The molecule has 1 fully saturated rings. The summed E-state index contributed by atoms with van der Waals surface area (Å²) < 4.78 is 0. The molecule has 0 aromatic rings. The van der Waals surface area contributed by atoms with Crippen LogP contribution in [0.5, 0.6) is 0 Å². The highest BCUT2D eigenvalue weighted by atomic mass is 16.2. The second-order valence-corrected chi connectivity index (χ2v) is 4.86. The van der Waals surface area contributed by atoms with Gasteiger partial charge in [-0.2, -0.15) is 0 Å². The fraction of sp³-hybridized carbons (Fsp3) is 0.917. The van der Waals surface area contributed by atoms with Crippen molar-refractivity contribution in [1.82, 2.24) is 9.80 Å². The third-order valence-electron chi connectivity index (χ3n) is 3.63. The molecular weight excluding hydrogens is 202 g/mol. The fourth-order valence-electron chi connectivity index (χ4n) is 2.30. The molecule has 1 atom stereocenters. The lowest BCUT2D eigenvalue weighted by Crippen LogP contribution is -2.47. The molecular formula is C12H25N3O. The standard InChI is InChI=1S/C12H25N3O/c1-4-10(9-13)12(16)15-7-5-11(6-8-15)14(2)3/h10-11H,4-9,13H2,1-3H3. The Morgan fingerprint density at radius 1 is 1.44 bits per heavy atom. The minimum absolute atomic E-state index is 0.0240. The van der Waals surface area contributed by atoms with Gasteiger partial charge in [-0.15, -0.1) is 0 Å². The third kappa shape index (κ3) is 3.19. The quantitative estimate of drug-likeness (QED) is 0.762. The van der Waals surface area contributed by atoms with E-state index in [1.54, 1.807) is 0 Å². The highest BCUT2D eigenvalue weighted by molar-refractivity contribution is 5.79. The van der Waals surface area contributed by atoms with Crippen molar-refractivity contribution in [2.45, 2.75) is 32.2 Å². The number of piperidine rings is 1. The lowest BCUT2D eigenvalue weighted by atomic mass is 10.00. The van der Waals surface area contributed by atoms with Gasteiger partial charge in [-0.3, -0.25) is 4.79 Å². The molecule has 1 heterocycles. The van der Waals surface area contributed by atoms with E-state index in [0.29, 0.717) is 12.6 Å². The van der Waals surface area contributed by atoms with Crippen molar-refractivity contribution in [2.24, 2.45) is 11.7 Å². The van der Waals surface area contributed by atoms with Gasteiger partial charge >= 0.3 is 0 Å². The topological polar surface area (TPSA) is 49.6 Å². The van der Waals surface area contributed by atoms with Crippen molar-refractivity contribution in [2.75, 3.05) is 33.7 Å². The maximum Gasteiger partial charge on any atom is 0.226 e. The number of carbonyl (C=O) groups is 1. The number of hydrogen-bond donors (Lipinski definition) is 1. The van der Waals surface area contributed by atoms with E-state index in [0.717, 1.165) is 32.4 Å². The molecule has 1 unspecified atom stereocenters. The molecule has 2 N–H and O–H groups in total. The molecule has 1 aliphatic rings. The molecule has 0 aliphatic carbocycles. The number of hydrogen-bond acceptors (Lipinski definition) is 3. The van der Waals surface area contributed by atoms with Gasteiger partial charge in [-0.1, -0.05) is 6.92 Å². The Morgan fingerprint density at radius 2 is 2.00 bits per heavy atom. The van der Waals surface area contributed by atoms with Gasteiger partial charge in [-0.05, 0) is 33.4 Å². The lowest BCUT2D eigenvalue weighted by molar-refractivity contribution is -0.136. The van der Waals surface area contributed by atoms with Crippen LogP contribution in [0.1, 0.15) is 26.2 Å². The monoisotopic (exact) mass is 227 g/mol. The van der Waals surface area contributed by atoms with E-state index in [-0.39, 0.29) is 11.8 Å². The third-order valence-corrected chi connectivity index (χ3v) is 3.63. The number of carbonyl (C=O) groups excluding carboxylic acids is 1. The summed E-state index contributed by atoms with van der Waals surface area (Å²) in [4.78, 5) is 16.3. The van der Waals surface area contributed by atoms with Crippen molar-refractivity contribution in [3.8, 4) is 0 Å². The summed E-state index contributed by atoms with van der Waals surface area (Å²) in [5.74, 6) is 0.276. The summed E-state index contributed by atoms with van der Waals surface area (Å²) in [6, 6.07) is 0.627. The van der Waals surface area contributed by atoms with Crippen LogP contribution >= 0.6 is 0 Å². The summed E-state index contributed by atoms with van der Waals surface area (Å²) in [7, 11) is 4.22. The molecule has 0 spiro atoms. The molecule has 1 rings (SSSR count). The van der Waals surface area contributed by atoms with Gasteiger partial charge in [0.05, 0.1) is 5.92 Å². The van der Waals surface area contributed by atoms with Crippen LogP contribution < -0.4 is 5.73 Å². The van der Waals surface area contributed by atoms with Crippen LogP contribution in [0.25, 0.3) is 0 Å². The first kappa shape index (κ1) is 13.5. The molecule has 0 bridgehead atoms. The predicted octanol–water partition coefficient (Wildman–Crippen LogP) is 0.524. The van der Waals surface area contributed by atoms with E-state index in [9.17, 15) is 4.79 Å². The van der Waals surface area contributed by atoms with Gasteiger partial charge in [0.1, 0.15) is 0 Å². The van der Waals surface area contributed by atoms with Crippen LogP contribution in [0.15, 0.2) is 0 Å². The van der Waals surface area contributed by atoms with Crippen LogP contribution in [0, 0.1) is 5.92 Å². The largest absolute Gasteiger partial charge is 0.342 e. The van der Waals surface area contributed by atoms with Crippen LogP contribution in [-0.2, 0) is 4.79 Å². The molecule has 4 heteroatoms. The van der Waals surface area contributed by atoms with Crippen LogP contribution in [0.4, 0.5) is 0 Å². The fourth-order valence-corrected chi connectivity index (χ4v) is 2.30. The summed E-state index contributed by atoms with van der Waals surface area (Å²) in [6.45, 7) is 4.28. The van der Waals surface area contributed by atoms with E-state index < -0.39 is 0 Å². The first-order chi connectivity index (χ1) is 7.60. The Labute approximate surface area is 98.8 Å². The maximum atomic E-state index is 12.1. The number of rotatable bonds is 4. The second-order valence-electron chi connectivity index (χ2n) is 4.86. The molecule has 16 heavy (non-hydrogen) atoms. The van der Waals surface area contributed by atoms with E-state index in [2.05, 4.69) is 19.0 Å². The number of amides is 1. The average Bonchev–Trinajstić information content (AvgIpc) is 2.30. The Hall–Kier alpha value is -0.610. The molecule has 0 saturated carbocycles. The van der Waals surface area contributed by atoms with Crippen molar-refractivity contribution in [3.05, 3.63) is 0 Å². The van der Waals surface area contributed by atoms with Gasteiger partial charge < -0.3 is 15.5 Å². The SMILES string of the molecule is CCC(CN)C(=O)N1CCC(N(C)C)CC1. The van der Waals surface area contributed by atoms with Crippen LogP contribution in [0.3, 0.4) is 0 Å². The van der Waals surface area contributed by atoms with E-state index >= 15 is 0 Å². The minimum atomic E-state index is 0.0240. The Kier molecular flexibility index (Phi) is 5.22. The molecule has 1 aliphatic heterocycles. The highest BCUT2D eigenvalue weighted by Gasteiger charge is 2.27. The smallest absolute Gasteiger partial charge is 0.226 e. The first-order valence-corrected chi connectivity index (χ1v) is 6.25. The first-order valence-electron chi connectivity index (χ1n) is 6.25. The predicted molar refractivity (Wildman–Crippen MR) is 66.1 cm³/mol. The molecule has 1 amide bonds. The molecule has 0 aromatic heterocycles. The van der Waals surface area contributed by atoms with Gasteiger partial charge in [-0.25, -0.2) is 0 Å². The van der Waals surface area contributed by atoms with Crippen LogP contribution in [0.2, 0.25) is 0 Å². The van der Waals surface area contributed by atoms with Gasteiger partial charge in [0.25, 0.3) is 0 Å². The van der Waals surface area contributed by atoms with Crippen molar-refractivity contribution in [3.63, 3.8) is 0 Å². The summed E-state index contributed by atoms with van der Waals surface area (Å²) in [5.41, 5.74) is 5.61. The summed E-state index contributed by atoms with van der Waals surface area (Å²) in [5, 5.41) is 0. The van der Waals surface area contributed by atoms with Crippen molar-refractivity contribution in [1.29, 1.82) is 0 Å². The average molecular weight is 227 g/mol. The molecule has 1 saturated heterocycles. The lowest BCUT2D eigenvalue weighted by Gasteiger charge is -2.36. The van der Waals surface area contributed by atoms with E-state index in [4.69, 9.17) is 5.73 Å². The molecule has 4 nitrogen and oxygen atoms in total. The van der Waals surface area contributed by atoms with Gasteiger partial charge in [0, 0.05) is 25.7 Å². The van der Waals surface area contributed by atoms with E-state index in [1.165, 1.54) is 0 Å². The summed E-state index contributed by atoms with van der Waals surface area (Å²) >= 11 is 0. The Morgan fingerprint density at radius 3 is 2.38 bits per heavy atom. The van der Waals surface area contributed by atoms with E-state index in [1.807, 2.05) is 11.8 Å². The highest BCUT2D eigenvalue weighted by Crippen LogP contribution is 2.17. The molecule has 0 aromatic carbocycles. The van der Waals surface area contributed by atoms with Crippen LogP contribution in [-0.4, -0.2) is 55.5 Å². The minimum Gasteiger partial charge on any atom is -0.342 e. The van der Waals surface area contributed by atoms with Crippen molar-refractivity contribution >= 4 is 5.91 Å². The van der Waals surface area contributed by atoms with Crippen molar-refractivity contribution < 1.29 is 4.79 Å². The zero-order valence-electron chi connectivity index (χ0n) is 10.8. The number of likely N-dealkylation sites (tertiary alicyclic amines) is 1. The molecule has 0 radical (unpaired) electrons. The van der Waals surface area contributed by atoms with Gasteiger partial charge in [0.15, 0.2) is 0 Å². The summed E-state index contributed by atoms with van der Waals surface area (Å²) in [6.07, 6.45) is 3.02. The maximum absolute atomic E-state index is 12.1. The number of nitrogens with two attached hydrogens (primary N) is 1. The van der Waals surface area contributed by atoms with Gasteiger partial charge in [0.2, 0.25) is 5.91 Å². The zero-order valence-corrected chi connectivity index (χ0v) is 10.8. The Balaban J connectivity index is 2.44. The zero-order chi connectivity index (χ0) is 12.1. The number of nitrogens with zero attached hydrogens (tertiary/aromatic N) is 2. The Bertz CT molecular complexity index is 218.